The van der Waals surface area contributed by atoms with Crippen LogP contribution in [0, 0.1) is 12.8 Å². The van der Waals surface area contributed by atoms with Gasteiger partial charge in [-0.2, -0.15) is 0 Å². The van der Waals surface area contributed by atoms with Crippen LogP contribution in [-0.4, -0.2) is 10.8 Å². The summed E-state index contributed by atoms with van der Waals surface area (Å²) in [5.74, 6) is 2.02. The lowest BCUT2D eigenvalue weighted by atomic mass is 9.91. The molecule has 4 heteroatoms. The smallest absolute Gasteiger partial charge is 0.0972 e. The Kier molecular flexibility index (Phi) is 8.56. The first kappa shape index (κ1) is 20.8. The summed E-state index contributed by atoms with van der Waals surface area (Å²) in [6.07, 6.45) is 9.12. The Balaban J connectivity index is 1.67. The molecule has 1 aliphatic carbocycles. The summed E-state index contributed by atoms with van der Waals surface area (Å²) in [5, 5.41) is 3.26. The highest BCUT2D eigenvalue weighted by atomic mass is 79.9. The summed E-state index contributed by atoms with van der Waals surface area (Å²) >= 11 is 7.18. The second-order valence-corrected chi connectivity index (χ2v) is 9.91. The van der Waals surface area contributed by atoms with Crippen LogP contribution in [0.4, 0.5) is 5.69 Å². The Hall–Kier alpha value is -0.970. The Morgan fingerprint density at radius 3 is 2.63 bits per heavy atom. The number of thioether (sulfide) groups is 2. The molecule has 27 heavy (non-hydrogen) atoms. The fourth-order valence-corrected chi connectivity index (χ4v) is 5.55. The van der Waals surface area contributed by atoms with Crippen LogP contribution < -0.4 is 0 Å². The van der Waals surface area contributed by atoms with Crippen molar-refractivity contribution in [3.63, 3.8) is 0 Å². The van der Waals surface area contributed by atoms with E-state index in [2.05, 4.69) is 82.9 Å². The quantitative estimate of drug-likeness (QED) is 0.244. The molecule has 0 radical (unpaired) electrons. The highest BCUT2D eigenvalue weighted by Gasteiger charge is 2.14. The average Bonchev–Trinajstić information content (AvgIpc) is 2.68. The van der Waals surface area contributed by atoms with Crippen molar-refractivity contribution in [1.82, 2.24) is 0 Å². The van der Waals surface area contributed by atoms with Gasteiger partial charge < -0.3 is 0 Å². The van der Waals surface area contributed by atoms with Crippen molar-refractivity contribution in [2.45, 2.75) is 43.9 Å². The monoisotopic (exact) mass is 459 g/mol. The number of halogens is 1. The van der Waals surface area contributed by atoms with Gasteiger partial charge in [-0.25, -0.2) is 4.99 Å². The van der Waals surface area contributed by atoms with Gasteiger partial charge >= 0.3 is 0 Å². The van der Waals surface area contributed by atoms with Crippen molar-refractivity contribution in [2.75, 3.05) is 5.75 Å². The zero-order valence-corrected chi connectivity index (χ0v) is 19.0. The van der Waals surface area contributed by atoms with Gasteiger partial charge in [0.1, 0.15) is 0 Å². The average molecular weight is 461 g/mol. The molecule has 0 N–H and O–H groups in total. The minimum absolute atomic E-state index is 0.845. The summed E-state index contributed by atoms with van der Waals surface area (Å²) in [6, 6.07) is 16.9. The summed E-state index contributed by atoms with van der Waals surface area (Å²) in [5.41, 5.74) is 2.30. The zero-order chi connectivity index (χ0) is 18.9. The molecule has 1 fully saturated rings. The van der Waals surface area contributed by atoms with E-state index in [0.29, 0.717) is 0 Å². The summed E-state index contributed by atoms with van der Waals surface area (Å²) < 4.78 is 1.11. The van der Waals surface area contributed by atoms with Crippen LogP contribution in [0.1, 0.15) is 37.7 Å². The van der Waals surface area contributed by atoms with E-state index in [1.54, 1.807) is 11.8 Å². The first-order valence-electron chi connectivity index (χ1n) is 9.56. The van der Waals surface area contributed by atoms with Gasteiger partial charge in [-0.1, -0.05) is 70.7 Å². The van der Waals surface area contributed by atoms with E-state index in [-0.39, 0.29) is 0 Å². The summed E-state index contributed by atoms with van der Waals surface area (Å²) in [4.78, 5) is 6.13. The molecule has 0 bridgehead atoms. The third-order valence-electron chi connectivity index (χ3n) is 4.68. The lowest BCUT2D eigenvalue weighted by molar-refractivity contribution is 0.391. The topological polar surface area (TPSA) is 12.4 Å². The van der Waals surface area contributed by atoms with Crippen molar-refractivity contribution in [1.29, 1.82) is 0 Å². The Morgan fingerprint density at radius 2 is 1.89 bits per heavy atom. The molecule has 0 spiro atoms. The molecule has 0 unspecified atom stereocenters. The van der Waals surface area contributed by atoms with Gasteiger partial charge in [-0.3, -0.25) is 0 Å². The minimum Gasteiger partial charge on any atom is -0.242 e. The predicted octanol–water partition coefficient (Wildman–Crippen LogP) is 8.41. The minimum atomic E-state index is 0.845. The molecular weight excluding hydrogens is 434 g/mol. The third-order valence-corrected chi connectivity index (χ3v) is 7.13. The number of hydrogen-bond acceptors (Lipinski definition) is 3. The molecule has 0 saturated heterocycles. The zero-order valence-electron chi connectivity index (χ0n) is 15.7. The normalized spacial score (nSPS) is 16.1. The number of aliphatic imine (C=N–C) groups is 1. The van der Waals surface area contributed by atoms with Crippen molar-refractivity contribution < 1.29 is 0 Å². The van der Waals surface area contributed by atoms with Gasteiger partial charge in [0.15, 0.2) is 0 Å². The van der Waals surface area contributed by atoms with E-state index in [1.165, 1.54) is 48.3 Å². The Labute approximate surface area is 180 Å². The first-order chi connectivity index (χ1) is 13.2. The SMILES string of the molecule is Cc1ccc(N=C(C=CSc2cccc(Br)c2)SCC2CCCCC2)cc1. The van der Waals surface area contributed by atoms with Crippen LogP contribution in [0.3, 0.4) is 0 Å². The van der Waals surface area contributed by atoms with Gasteiger partial charge in [0.05, 0.1) is 10.7 Å². The van der Waals surface area contributed by atoms with Crippen LogP contribution in [0.15, 0.2) is 74.4 Å². The lowest BCUT2D eigenvalue weighted by Gasteiger charge is -2.20. The van der Waals surface area contributed by atoms with Crippen LogP contribution >= 0.6 is 39.5 Å². The number of nitrogens with zero attached hydrogens (tertiary/aromatic N) is 1. The first-order valence-corrected chi connectivity index (χ1v) is 12.2. The van der Waals surface area contributed by atoms with Crippen molar-refractivity contribution in [2.24, 2.45) is 10.9 Å². The second kappa shape index (κ2) is 11.1. The van der Waals surface area contributed by atoms with Crippen molar-refractivity contribution >= 4 is 50.2 Å². The third kappa shape index (κ3) is 7.52. The molecule has 0 aromatic heterocycles. The van der Waals surface area contributed by atoms with E-state index < -0.39 is 0 Å². The predicted molar refractivity (Wildman–Crippen MR) is 126 cm³/mol. The second-order valence-electron chi connectivity index (χ2n) is 6.98. The molecule has 1 nitrogen and oxygen atoms in total. The lowest BCUT2D eigenvalue weighted by Crippen LogP contribution is -2.09. The number of aryl methyl sites for hydroxylation is 1. The number of rotatable bonds is 6. The fourth-order valence-electron chi connectivity index (χ4n) is 3.13. The summed E-state index contributed by atoms with van der Waals surface area (Å²) in [6.45, 7) is 2.11. The maximum atomic E-state index is 4.90. The van der Waals surface area contributed by atoms with E-state index >= 15 is 0 Å². The number of hydrogen-bond donors (Lipinski definition) is 0. The fraction of sp³-hybridized carbons (Fsp3) is 0.348. The van der Waals surface area contributed by atoms with Gasteiger partial charge in [-0.15, -0.1) is 11.8 Å². The van der Waals surface area contributed by atoms with Crippen LogP contribution in [0.2, 0.25) is 0 Å². The van der Waals surface area contributed by atoms with E-state index in [0.717, 1.165) is 21.1 Å². The molecule has 0 aliphatic heterocycles. The van der Waals surface area contributed by atoms with Crippen molar-refractivity contribution in [3.8, 4) is 0 Å². The van der Waals surface area contributed by atoms with Gasteiger partial charge in [-0.05, 0) is 67.5 Å². The van der Waals surface area contributed by atoms with E-state index in [4.69, 9.17) is 4.99 Å². The molecule has 0 amide bonds. The van der Waals surface area contributed by atoms with Crippen LogP contribution in [0.5, 0.6) is 0 Å². The van der Waals surface area contributed by atoms with Crippen LogP contribution in [-0.2, 0) is 0 Å². The van der Waals surface area contributed by atoms with E-state index in [9.17, 15) is 0 Å². The van der Waals surface area contributed by atoms with E-state index in [1.807, 2.05) is 11.8 Å². The summed E-state index contributed by atoms with van der Waals surface area (Å²) in [7, 11) is 0. The highest BCUT2D eigenvalue weighted by molar-refractivity contribution is 9.10. The van der Waals surface area contributed by atoms with Gasteiger partial charge in [0.2, 0.25) is 0 Å². The molecule has 2 aromatic rings. The molecule has 2 aromatic carbocycles. The largest absolute Gasteiger partial charge is 0.242 e. The highest BCUT2D eigenvalue weighted by Crippen LogP contribution is 2.29. The standard InChI is InChI=1S/C23H26BrNS2/c1-18-10-12-21(13-11-18)25-23(27-17-19-6-3-2-4-7-19)14-15-26-22-9-5-8-20(24)16-22/h5,8-16,19H,2-4,6-7,17H2,1H3. The number of benzene rings is 2. The molecule has 1 saturated carbocycles. The molecular formula is C23H26BrNS2. The maximum Gasteiger partial charge on any atom is 0.0972 e. The van der Waals surface area contributed by atoms with Gasteiger partial charge in [0, 0.05) is 15.1 Å². The maximum absolute atomic E-state index is 4.90. The Bertz CT molecular complexity index is 777. The Morgan fingerprint density at radius 1 is 1.11 bits per heavy atom. The van der Waals surface area contributed by atoms with Crippen LogP contribution in [0.25, 0.3) is 0 Å². The molecule has 0 atom stereocenters. The molecule has 1 aliphatic rings. The molecule has 3 rings (SSSR count). The van der Waals surface area contributed by atoms with Gasteiger partial charge in [0.25, 0.3) is 0 Å². The van der Waals surface area contributed by atoms with Crippen molar-refractivity contribution in [3.05, 3.63) is 70.1 Å². The molecule has 0 heterocycles. The molecule has 142 valence electrons.